The Kier molecular flexibility index (Phi) is 4.40. The van der Waals surface area contributed by atoms with Crippen LogP contribution in [0.2, 0.25) is 0 Å². The van der Waals surface area contributed by atoms with Crippen LogP contribution in [0.4, 0.5) is 5.69 Å². The molecule has 1 aromatic rings. The lowest BCUT2D eigenvalue weighted by molar-refractivity contribution is -0.117. The van der Waals surface area contributed by atoms with Crippen molar-refractivity contribution in [2.24, 2.45) is 0 Å². The van der Waals surface area contributed by atoms with Crippen LogP contribution in [-0.4, -0.2) is 60.8 Å². The number of carboxylic acids is 1. The van der Waals surface area contributed by atoms with Gasteiger partial charge in [-0.25, -0.2) is 4.79 Å². The van der Waals surface area contributed by atoms with Crippen molar-refractivity contribution < 1.29 is 19.4 Å². The number of rotatable bonds is 4. The summed E-state index contributed by atoms with van der Waals surface area (Å²) in [5, 5.41) is 9.36. The Morgan fingerprint density at radius 1 is 1.27 bits per heavy atom. The molecule has 2 aliphatic rings. The van der Waals surface area contributed by atoms with Crippen molar-refractivity contribution in [3.05, 3.63) is 29.8 Å². The number of anilines is 1. The maximum Gasteiger partial charge on any atom is 0.337 e. The summed E-state index contributed by atoms with van der Waals surface area (Å²) in [5.41, 5.74) is 0.695. The van der Waals surface area contributed by atoms with Gasteiger partial charge in [-0.1, -0.05) is 12.1 Å². The van der Waals surface area contributed by atoms with Gasteiger partial charge in [0.25, 0.3) is 0 Å². The number of hydrogen-bond acceptors (Lipinski definition) is 4. The number of ether oxygens (including phenoxy) is 1. The van der Waals surface area contributed by atoms with Crippen molar-refractivity contribution >= 4 is 17.6 Å². The average molecular weight is 304 g/mol. The van der Waals surface area contributed by atoms with Gasteiger partial charge in [0.1, 0.15) is 0 Å². The minimum Gasteiger partial charge on any atom is -0.478 e. The molecule has 0 aromatic heterocycles. The first-order valence-electron chi connectivity index (χ1n) is 7.61. The SMILES string of the molecule is O=C(O)c1ccccc1N1C(=O)CCC1CN1CCOCC1. The van der Waals surface area contributed by atoms with Crippen LogP contribution in [0.3, 0.4) is 0 Å². The molecular formula is C16H20N2O4. The van der Waals surface area contributed by atoms with E-state index in [4.69, 9.17) is 4.74 Å². The number of carbonyl (C=O) groups is 2. The van der Waals surface area contributed by atoms with Crippen molar-refractivity contribution in [1.82, 2.24) is 4.90 Å². The van der Waals surface area contributed by atoms with E-state index in [9.17, 15) is 14.7 Å². The van der Waals surface area contributed by atoms with E-state index in [-0.39, 0.29) is 17.5 Å². The molecule has 2 saturated heterocycles. The monoisotopic (exact) mass is 304 g/mol. The molecule has 6 nitrogen and oxygen atoms in total. The van der Waals surface area contributed by atoms with Crippen molar-refractivity contribution in [3.8, 4) is 0 Å². The Labute approximate surface area is 129 Å². The molecule has 0 saturated carbocycles. The van der Waals surface area contributed by atoms with Crippen molar-refractivity contribution in [1.29, 1.82) is 0 Å². The smallest absolute Gasteiger partial charge is 0.337 e. The molecule has 6 heteroatoms. The predicted molar refractivity (Wildman–Crippen MR) is 81.2 cm³/mol. The summed E-state index contributed by atoms with van der Waals surface area (Å²) >= 11 is 0. The Balaban J connectivity index is 1.83. The van der Waals surface area contributed by atoms with Crippen LogP contribution in [0.5, 0.6) is 0 Å². The van der Waals surface area contributed by atoms with Gasteiger partial charge in [-0.2, -0.15) is 0 Å². The zero-order chi connectivity index (χ0) is 15.5. The Hall–Kier alpha value is -1.92. The number of carboxylic acid groups (broad SMARTS) is 1. The third kappa shape index (κ3) is 2.98. The molecule has 1 aromatic carbocycles. The molecule has 22 heavy (non-hydrogen) atoms. The molecular weight excluding hydrogens is 284 g/mol. The minimum absolute atomic E-state index is 0.00644. The predicted octanol–water partition coefficient (Wildman–Crippen LogP) is 1.21. The normalized spacial score (nSPS) is 23.0. The topological polar surface area (TPSA) is 70.1 Å². The van der Waals surface area contributed by atoms with Gasteiger partial charge in [-0.05, 0) is 18.6 Å². The molecule has 0 aliphatic carbocycles. The summed E-state index contributed by atoms with van der Waals surface area (Å²) in [4.78, 5) is 27.7. The van der Waals surface area contributed by atoms with Crippen LogP contribution < -0.4 is 4.90 Å². The average Bonchev–Trinajstić information content (AvgIpc) is 2.89. The maximum atomic E-state index is 12.3. The highest BCUT2D eigenvalue weighted by atomic mass is 16.5. The van der Waals surface area contributed by atoms with Gasteiger partial charge in [-0.3, -0.25) is 9.69 Å². The second-order valence-corrected chi connectivity index (χ2v) is 5.69. The second-order valence-electron chi connectivity index (χ2n) is 5.69. The van der Waals surface area contributed by atoms with Gasteiger partial charge in [0.15, 0.2) is 0 Å². The van der Waals surface area contributed by atoms with Crippen LogP contribution in [-0.2, 0) is 9.53 Å². The zero-order valence-electron chi connectivity index (χ0n) is 12.4. The number of amides is 1. The highest BCUT2D eigenvalue weighted by Crippen LogP contribution is 2.30. The fraction of sp³-hybridized carbons (Fsp3) is 0.500. The summed E-state index contributed by atoms with van der Waals surface area (Å²) in [5.74, 6) is -0.993. The van der Waals surface area contributed by atoms with E-state index in [2.05, 4.69) is 4.90 Å². The highest BCUT2D eigenvalue weighted by molar-refractivity contribution is 6.03. The summed E-state index contributed by atoms with van der Waals surface area (Å²) in [6.07, 6.45) is 1.24. The molecule has 1 unspecified atom stereocenters. The van der Waals surface area contributed by atoms with Gasteiger partial charge in [0, 0.05) is 26.1 Å². The fourth-order valence-corrected chi connectivity index (χ4v) is 3.19. The molecule has 1 amide bonds. The summed E-state index contributed by atoms with van der Waals surface area (Å²) in [7, 11) is 0. The number of carbonyl (C=O) groups excluding carboxylic acids is 1. The first kappa shape index (κ1) is 15.0. The molecule has 2 aliphatic heterocycles. The molecule has 118 valence electrons. The van der Waals surface area contributed by atoms with Crippen LogP contribution in [0.15, 0.2) is 24.3 Å². The number of benzene rings is 1. The fourth-order valence-electron chi connectivity index (χ4n) is 3.19. The van der Waals surface area contributed by atoms with E-state index in [1.807, 2.05) is 0 Å². The van der Waals surface area contributed by atoms with Crippen LogP contribution in [0, 0.1) is 0 Å². The second kappa shape index (κ2) is 6.46. The van der Waals surface area contributed by atoms with E-state index in [0.29, 0.717) is 25.3 Å². The number of nitrogens with zero attached hydrogens (tertiary/aromatic N) is 2. The van der Waals surface area contributed by atoms with Gasteiger partial charge < -0.3 is 14.7 Å². The number of hydrogen-bond donors (Lipinski definition) is 1. The van der Waals surface area contributed by atoms with Gasteiger partial charge in [0.2, 0.25) is 5.91 Å². The quantitative estimate of drug-likeness (QED) is 0.905. The molecule has 0 bridgehead atoms. The van der Waals surface area contributed by atoms with E-state index >= 15 is 0 Å². The Morgan fingerprint density at radius 3 is 2.73 bits per heavy atom. The zero-order valence-corrected chi connectivity index (χ0v) is 12.4. The lowest BCUT2D eigenvalue weighted by Crippen LogP contribution is -2.46. The van der Waals surface area contributed by atoms with Crippen molar-refractivity contribution in [3.63, 3.8) is 0 Å². The van der Waals surface area contributed by atoms with E-state index in [0.717, 1.165) is 26.1 Å². The van der Waals surface area contributed by atoms with Crippen molar-refractivity contribution in [2.45, 2.75) is 18.9 Å². The largest absolute Gasteiger partial charge is 0.478 e. The van der Waals surface area contributed by atoms with Crippen LogP contribution >= 0.6 is 0 Å². The summed E-state index contributed by atoms with van der Waals surface area (Å²) in [6, 6.07) is 6.77. The molecule has 2 fully saturated rings. The molecule has 1 N–H and O–H groups in total. The van der Waals surface area contributed by atoms with E-state index in [1.54, 1.807) is 29.2 Å². The van der Waals surface area contributed by atoms with Gasteiger partial charge in [-0.15, -0.1) is 0 Å². The van der Waals surface area contributed by atoms with E-state index in [1.165, 1.54) is 0 Å². The van der Waals surface area contributed by atoms with Gasteiger partial charge in [0.05, 0.1) is 30.5 Å². The third-order valence-electron chi connectivity index (χ3n) is 4.29. The number of morpholine rings is 1. The van der Waals surface area contributed by atoms with Gasteiger partial charge >= 0.3 is 5.97 Å². The maximum absolute atomic E-state index is 12.3. The minimum atomic E-state index is -1.000. The van der Waals surface area contributed by atoms with Crippen LogP contribution in [0.25, 0.3) is 0 Å². The Bertz CT molecular complexity index is 569. The van der Waals surface area contributed by atoms with E-state index < -0.39 is 5.97 Å². The molecule has 2 heterocycles. The molecule has 0 spiro atoms. The van der Waals surface area contributed by atoms with Crippen molar-refractivity contribution in [2.75, 3.05) is 37.7 Å². The lowest BCUT2D eigenvalue weighted by Gasteiger charge is -2.33. The number of para-hydroxylation sites is 1. The summed E-state index contributed by atoms with van der Waals surface area (Å²) < 4.78 is 5.35. The molecule has 0 radical (unpaired) electrons. The van der Waals surface area contributed by atoms with Crippen LogP contribution in [0.1, 0.15) is 23.2 Å². The summed E-state index contributed by atoms with van der Waals surface area (Å²) in [6.45, 7) is 3.92. The molecule has 1 atom stereocenters. The molecule has 3 rings (SSSR count). The lowest BCUT2D eigenvalue weighted by atomic mass is 10.1. The Morgan fingerprint density at radius 2 is 2.00 bits per heavy atom. The first-order chi connectivity index (χ1) is 10.7. The first-order valence-corrected chi connectivity index (χ1v) is 7.61. The standard InChI is InChI=1S/C16H20N2O4/c19-15-6-5-12(11-17-7-9-22-10-8-17)18(15)14-4-2-1-3-13(14)16(20)21/h1-4,12H,5-11H2,(H,20,21). The third-order valence-corrected chi connectivity index (χ3v) is 4.29. The highest BCUT2D eigenvalue weighted by Gasteiger charge is 2.35. The number of aromatic carboxylic acids is 1.